The van der Waals surface area contributed by atoms with Crippen LogP contribution in [0.25, 0.3) is 0 Å². The van der Waals surface area contributed by atoms with Gasteiger partial charge < -0.3 is 4.74 Å². The maximum atomic E-state index is 11.8. The molecule has 0 aliphatic rings. The highest BCUT2D eigenvalue weighted by Gasteiger charge is 2.18. The number of methoxy groups -OCH3 is 1. The summed E-state index contributed by atoms with van der Waals surface area (Å²) in [4.78, 5) is 0. The van der Waals surface area contributed by atoms with Crippen LogP contribution in [-0.4, -0.2) is 22.3 Å². The molecule has 0 amide bonds. The fourth-order valence-electron chi connectivity index (χ4n) is 1.05. The molecule has 94 valence electrons. The lowest BCUT2D eigenvalue weighted by atomic mass is 10.2. The molecule has 0 N–H and O–H groups in total. The summed E-state index contributed by atoms with van der Waals surface area (Å²) in [5, 5.41) is 0. The molecule has 1 aromatic rings. The van der Waals surface area contributed by atoms with Gasteiger partial charge in [-0.3, -0.25) is 0 Å². The first-order valence-corrected chi connectivity index (χ1v) is 7.04. The summed E-state index contributed by atoms with van der Waals surface area (Å²) in [5.41, 5.74) is 0.813. The van der Waals surface area contributed by atoms with Gasteiger partial charge in [-0.2, -0.15) is 4.40 Å². The topological polar surface area (TPSA) is 38.7 Å². The fraction of sp³-hybridized carbons (Fsp3) is 0.417. The van der Waals surface area contributed by atoms with E-state index in [-0.39, 0.29) is 4.75 Å². The Bertz CT molecular complexity index is 452. The molecule has 0 aliphatic carbocycles. The van der Waals surface area contributed by atoms with E-state index < -0.39 is 11.0 Å². The van der Waals surface area contributed by atoms with E-state index in [2.05, 4.69) is 20.3 Å². The summed E-state index contributed by atoms with van der Waals surface area (Å²) >= 11 is 3.36. The maximum absolute atomic E-state index is 11.8. The van der Waals surface area contributed by atoms with E-state index in [1.807, 2.05) is 39.0 Å². The van der Waals surface area contributed by atoms with Crippen LogP contribution in [0.3, 0.4) is 0 Å². The smallest absolute Gasteiger partial charge is 0.144 e. The van der Waals surface area contributed by atoms with Crippen LogP contribution >= 0.6 is 15.9 Å². The van der Waals surface area contributed by atoms with Gasteiger partial charge in [0.05, 0.1) is 11.9 Å². The Morgan fingerprint density at radius 2 is 2.06 bits per heavy atom. The van der Waals surface area contributed by atoms with Gasteiger partial charge in [-0.25, -0.2) is 4.21 Å². The molecule has 0 fully saturated rings. The van der Waals surface area contributed by atoms with Gasteiger partial charge in [0.2, 0.25) is 0 Å². The van der Waals surface area contributed by atoms with Crippen LogP contribution in [0.1, 0.15) is 26.3 Å². The first-order valence-electron chi connectivity index (χ1n) is 5.14. The van der Waals surface area contributed by atoms with Crippen molar-refractivity contribution in [2.45, 2.75) is 25.5 Å². The lowest BCUT2D eigenvalue weighted by Crippen LogP contribution is -2.19. The van der Waals surface area contributed by atoms with Crippen molar-refractivity contribution in [2.24, 2.45) is 4.40 Å². The van der Waals surface area contributed by atoms with E-state index in [1.54, 1.807) is 13.3 Å². The predicted molar refractivity (Wildman–Crippen MR) is 76.2 cm³/mol. The van der Waals surface area contributed by atoms with Crippen LogP contribution in [0.5, 0.6) is 5.75 Å². The molecule has 0 aliphatic heterocycles. The Labute approximate surface area is 113 Å². The number of benzene rings is 1. The molecule has 0 spiro atoms. The third-order valence-electron chi connectivity index (χ3n) is 2.01. The summed E-state index contributed by atoms with van der Waals surface area (Å²) in [6, 6.07) is 5.61. The molecule has 3 nitrogen and oxygen atoms in total. The average Bonchev–Trinajstić information content (AvgIpc) is 2.25. The molecular weight excluding hydrogens is 302 g/mol. The summed E-state index contributed by atoms with van der Waals surface area (Å²) in [6.07, 6.45) is 1.59. The molecule has 0 saturated carbocycles. The quantitative estimate of drug-likeness (QED) is 0.802. The van der Waals surface area contributed by atoms with Gasteiger partial charge in [-0.05, 0) is 39.0 Å². The van der Waals surface area contributed by atoms with Crippen LogP contribution in [0.4, 0.5) is 0 Å². The molecule has 0 unspecified atom stereocenters. The SMILES string of the molecule is COc1cc(Br)ccc1/C=N/[S@](=O)C(C)(C)C. The second kappa shape index (κ2) is 5.78. The van der Waals surface area contributed by atoms with Crippen molar-refractivity contribution in [1.82, 2.24) is 0 Å². The summed E-state index contributed by atoms with van der Waals surface area (Å²) in [5.74, 6) is 0.703. The van der Waals surface area contributed by atoms with Gasteiger partial charge in [0.25, 0.3) is 0 Å². The second-order valence-electron chi connectivity index (χ2n) is 4.48. The van der Waals surface area contributed by atoms with Crippen molar-refractivity contribution in [3.63, 3.8) is 0 Å². The highest BCUT2D eigenvalue weighted by atomic mass is 79.9. The average molecular weight is 318 g/mol. The molecule has 0 heterocycles. The Hall–Kier alpha value is -0.680. The summed E-state index contributed by atoms with van der Waals surface area (Å²) < 4.78 is 21.6. The summed E-state index contributed by atoms with van der Waals surface area (Å²) in [6.45, 7) is 5.66. The zero-order valence-electron chi connectivity index (χ0n) is 10.4. The second-order valence-corrected chi connectivity index (χ2v) is 7.33. The van der Waals surface area contributed by atoms with Crippen LogP contribution in [0.15, 0.2) is 27.1 Å². The van der Waals surface area contributed by atoms with E-state index in [0.29, 0.717) is 5.75 Å². The highest BCUT2D eigenvalue weighted by Crippen LogP contribution is 2.22. The Kier molecular flexibility index (Phi) is 4.89. The van der Waals surface area contributed by atoms with E-state index in [1.165, 1.54) is 0 Å². The monoisotopic (exact) mass is 317 g/mol. The van der Waals surface area contributed by atoms with Crippen molar-refractivity contribution in [3.05, 3.63) is 28.2 Å². The largest absolute Gasteiger partial charge is 0.496 e. The number of rotatable bonds is 3. The first kappa shape index (κ1) is 14.4. The Morgan fingerprint density at radius 1 is 1.41 bits per heavy atom. The third-order valence-corrected chi connectivity index (χ3v) is 3.84. The van der Waals surface area contributed by atoms with Gasteiger partial charge in [-0.1, -0.05) is 15.9 Å². The van der Waals surface area contributed by atoms with Crippen molar-refractivity contribution in [2.75, 3.05) is 7.11 Å². The minimum atomic E-state index is -1.25. The van der Waals surface area contributed by atoms with Crippen LogP contribution < -0.4 is 4.74 Å². The van der Waals surface area contributed by atoms with Gasteiger partial charge in [0.1, 0.15) is 16.7 Å². The number of hydrogen-bond acceptors (Lipinski definition) is 2. The summed E-state index contributed by atoms with van der Waals surface area (Å²) in [7, 11) is 0.346. The molecule has 5 heteroatoms. The number of ether oxygens (including phenoxy) is 1. The van der Waals surface area contributed by atoms with Crippen molar-refractivity contribution >= 4 is 33.1 Å². The molecule has 0 saturated heterocycles. The fourth-order valence-corrected chi connectivity index (χ4v) is 1.92. The minimum Gasteiger partial charge on any atom is -0.496 e. The minimum absolute atomic E-state index is 0.348. The molecule has 1 atom stereocenters. The van der Waals surface area contributed by atoms with E-state index >= 15 is 0 Å². The maximum Gasteiger partial charge on any atom is 0.144 e. The molecule has 17 heavy (non-hydrogen) atoms. The third kappa shape index (κ3) is 4.24. The first-order chi connectivity index (χ1) is 7.84. The standard InChI is InChI=1S/C12H16BrNO2S/c1-12(2,3)17(15)14-8-9-5-6-10(13)7-11(9)16-4/h5-8H,1-4H3/b14-8+/t17-/m1/s1. The molecule has 0 radical (unpaired) electrons. The van der Waals surface area contributed by atoms with Crippen LogP contribution in [0, 0.1) is 0 Å². The zero-order chi connectivity index (χ0) is 13.1. The van der Waals surface area contributed by atoms with Crippen molar-refractivity contribution < 1.29 is 8.95 Å². The van der Waals surface area contributed by atoms with Crippen LogP contribution in [-0.2, 0) is 11.0 Å². The molecule has 0 bridgehead atoms. The van der Waals surface area contributed by atoms with Gasteiger partial charge in [0, 0.05) is 16.3 Å². The van der Waals surface area contributed by atoms with Crippen molar-refractivity contribution in [1.29, 1.82) is 0 Å². The van der Waals surface area contributed by atoms with Crippen molar-refractivity contribution in [3.8, 4) is 5.75 Å². The highest BCUT2D eigenvalue weighted by molar-refractivity contribution is 9.10. The van der Waals surface area contributed by atoms with Gasteiger partial charge in [-0.15, -0.1) is 0 Å². The van der Waals surface area contributed by atoms with E-state index in [9.17, 15) is 4.21 Å². The lowest BCUT2D eigenvalue weighted by Gasteiger charge is -2.13. The molecular formula is C12H16BrNO2S. The Morgan fingerprint density at radius 3 is 2.59 bits per heavy atom. The van der Waals surface area contributed by atoms with E-state index in [0.717, 1.165) is 10.0 Å². The normalized spacial score (nSPS) is 13.9. The van der Waals surface area contributed by atoms with Gasteiger partial charge >= 0.3 is 0 Å². The number of halogens is 1. The number of nitrogens with zero attached hydrogens (tertiary/aromatic N) is 1. The van der Waals surface area contributed by atoms with Gasteiger partial charge in [0.15, 0.2) is 0 Å². The zero-order valence-corrected chi connectivity index (χ0v) is 12.8. The number of hydrogen-bond donors (Lipinski definition) is 0. The molecule has 1 rings (SSSR count). The van der Waals surface area contributed by atoms with Crippen LogP contribution in [0.2, 0.25) is 0 Å². The van der Waals surface area contributed by atoms with E-state index in [4.69, 9.17) is 4.74 Å². The molecule has 1 aromatic carbocycles. The molecule has 0 aromatic heterocycles. The predicted octanol–water partition coefficient (Wildman–Crippen LogP) is 3.34. The Balaban J connectivity index is 2.96. The lowest BCUT2D eigenvalue weighted by molar-refractivity contribution is 0.414.